The first-order valence-corrected chi connectivity index (χ1v) is 24.5. The lowest BCUT2D eigenvalue weighted by atomic mass is 10.0. The van der Waals surface area contributed by atoms with Crippen LogP contribution >= 0.6 is 7.82 Å². The molecule has 0 spiro atoms. The molecule has 11 heteroatoms. The molecule has 0 aliphatic carbocycles. The largest absolute Gasteiger partial charge is 0.475 e. The third-order valence-electron chi connectivity index (χ3n) is 10.1. The Morgan fingerprint density at radius 2 is 0.855 bits per heavy atom. The fraction of sp³-hybridized carbons (Fsp3) is 0.955. The Labute approximate surface area is 338 Å². The summed E-state index contributed by atoms with van der Waals surface area (Å²) < 4.78 is 40.9. The molecule has 0 bridgehead atoms. The quantitative estimate of drug-likeness (QED) is 0.0257. The molecule has 1 unspecified atom stereocenters. The molecule has 0 N–H and O–H groups in total. The number of unbranched alkanes of at least 4 members (excludes halogenated alkanes) is 28. The Balaban J connectivity index is 4.42. The van der Waals surface area contributed by atoms with Crippen molar-refractivity contribution in [2.75, 3.05) is 40.0 Å². The number of hydrogen-bond acceptors (Lipinski definition) is 9. The van der Waals surface area contributed by atoms with Gasteiger partial charge in [-0.2, -0.15) is 0 Å². The first-order chi connectivity index (χ1) is 26.8. The predicted octanol–water partition coefficient (Wildman–Crippen LogP) is 13.6. The number of carbonyl (C=O) groups excluding carboxylic acids is 2. The van der Waals surface area contributed by atoms with Gasteiger partial charge in [0.1, 0.15) is 13.2 Å². The average molecular weight is 805 g/mol. The lowest BCUT2D eigenvalue weighted by Crippen LogP contribution is -2.29. The van der Waals surface area contributed by atoms with Crippen molar-refractivity contribution in [2.24, 2.45) is 0 Å². The summed E-state index contributed by atoms with van der Waals surface area (Å²) in [5.41, 5.74) is 0. The van der Waals surface area contributed by atoms with Crippen molar-refractivity contribution in [3.63, 3.8) is 0 Å². The van der Waals surface area contributed by atoms with Gasteiger partial charge in [-0.15, -0.1) is 0 Å². The number of esters is 2. The van der Waals surface area contributed by atoms with Gasteiger partial charge in [0.15, 0.2) is 13.2 Å². The van der Waals surface area contributed by atoms with Crippen LogP contribution in [0.4, 0.5) is 0 Å². The van der Waals surface area contributed by atoms with Gasteiger partial charge in [-0.3, -0.25) is 23.2 Å². The van der Waals surface area contributed by atoms with Crippen molar-refractivity contribution >= 4 is 19.8 Å². The Hall–Kier alpha value is -1.35. The van der Waals surface area contributed by atoms with Crippen molar-refractivity contribution in [3.8, 4) is 0 Å². The number of phosphoric acid groups is 1. The van der Waals surface area contributed by atoms with E-state index in [1.54, 1.807) is 6.92 Å². The molecule has 0 aromatic heterocycles. The number of likely N-dealkylation sites (N-methyl/N-ethyl adjacent to an activating group) is 1. The second-order valence-corrected chi connectivity index (χ2v) is 17.2. The first-order valence-electron chi connectivity index (χ1n) is 23.0. The SMILES string of the molecule is CCCCCCCCCCCCCCCCCC(=O)OC[C@H](COP(=O)(OCC)OCC[N+](C)=O)OC(=O)CCCCCCCCCCCCCCCCC. The van der Waals surface area contributed by atoms with Crippen LogP contribution in [-0.2, 0) is 37.2 Å². The molecule has 0 aliphatic heterocycles. The molecule has 0 amide bonds. The molecule has 0 aromatic carbocycles. The van der Waals surface area contributed by atoms with E-state index in [1.807, 2.05) is 0 Å². The molecule has 55 heavy (non-hydrogen) atoms. The van der Waals surface area contributed by atoms with E-state index < -0.39 is 19.9 Å². The standard InChI is InChI=1S/C44H87NO9P/c1-5-8-10-12-14-16-18-20-22-24-26-28-30-32-34-36-43(46)50-40-42(41-53-55(49,51-7-3)52-39-38-45(4)48)54-44(47)37-35-33-31-29-27-25-23-21-19-17-15-13-11-9-6-2/h42H,5-41H2,1-4H3/q+1/t42-,55?/m1/s1. The molecule has 0 saturated heterocycles. The van der Waals surface area contributed by atoms with Gasteiger partial charge in [0, 0.05) is 17.7 Å². The fourth-order valence-electron chi connectivity index (χ4n) is 6.63. The van der Waals surface area contributed by atoms with Crippen LogP contribution in [0.15, 0.2) is 0 Å². The van der Waals surface area contributed by atoms with Crippen molar-refractivity contribution in [1.82, 2.24) is 0 Å². The highest BCUT2D eigenvalue weighted by atomic mass is 31.2. The average Bonchev–Trinajstić information content (AvgIpc) is 3.15. The van der Waals surface area contributed by atoms with Crippen molar-refractivity contribution < 1.29 is 42.0 Å². The highest BCUT2D eigenvalue weighted by Crippen LogP contribution is 2.49. The van der Waals surface area contributed by atoms with Crippen LogP contribution in [0.2, 0.25) is 0 Å². The maximum Gasteiger partial charge on any atom is 0.475 e. The number of rotatable bonds is 44. The second-order valence-electron chi connectivity index (χ2n) is 15.5. The van der Waals surface area contributed by atoms with Crippen LogP contribution in [0.25, 0.3) is 0 Å². The first kappa shape index (κ1) is 53.6. The summed E-state index contributed by atoms with van der Waals surface area (Å²) in [6, 6.07) is 0. The van der Waals surface area contributed by atoms with Crippen LogP contribution < -0.4 is 0 Å². The monoisotopic (exact) mass is 805 g/mol. The number of nitroso groups, excluding NO2 is 1. The number of hydrogen-bond donors (Lipinski definition) is 0. The number of ether oxygens (including phenoxy) is 2. The highest BCUT2D eigenvalue weighted by Gasteiger charge is 2.30. The van der Waals surface area contributed by atoms with Crippen LogP contribution in [0.3, 0.4) is 0 Å². The van der Waals surface area contributed by atoms with E-state index in [9.17, 15) is 19.1 Å². The molecule has 0 rings (SSSR count). The van der Waals surface area contributed by atoms with Crippen molar-refractivity contribution in [3.05, 3.63) is 4.91 Å². The van der Waals surface area contributed by atoms with Crippen molar-refractivity contribution in [2.45, 2.75) is 232 Å². The van der Waals surface area contributed by atoms with Crippen molar-refractivity contribution in [1.29, 1.82) is 0 Å². The third kappa shape index (κ3) is 39.3. The molecular formula is C44H87NO9P+. The lowest BCUT2D eigenvalue weighted by Gasteiger charge is -2.21. The van der Waals surface area contributed by atoms with Gasteiger partial charge < -0.3 is 9.47 Å². The summed E-state index contributed by atoms with van der Waals surface area (Å²) in [6.07, 6.45) is 37.0. The smallest absolute Gasteiger partial charge is 0.462 e. The van der Waals surface area contributed by atoms with Crippen LogP contribution in [0.5, 0.6) is 0 Å². The van der Waals surface area contributed by atoms with Crippen LogP contribution in [-0.4, -0.2) is 62.8 Å². The van der Waals surface area contributed by atoms with Gasteiger partial charge >= 0.3 is 19.8 Å². The Kier molecular flexibility index (Phi) is 39.8. The molecule has 326 valence electrons. The topological polar surface area (TPSA) is 117 Å². The number of nitrogens with zero attached hydrogens (tertiary/aromatic N) is 1. The summed E-state index contributed by atoms with van der Waals surface area (Å²) in [5, 5.41) is 0. The van der Waals surface area contributed by atoms with E-state index in [1.165, 1.54) is 161 Å². The zero-order valence-corrected chi connectivity index (χ0v) is 37.2. The summed E-state index contributed by atoms with van der Waals surface area (Å²) >= 11 is 0. The van der Waals surface area contributed by atoms with Crippen LogP contribution in [0, 0.1) is 4.91 Å². The maximum absolute atomic E-state index is 13.1. The van der Waals surface area contributed by atoms with Gasteiger partial charge in [0.2, 0.25) is 6.54 Å². The van der Waals surface area contributed by atoms with Gasteiger partial charge in [-0.05, 0) is 24.5 Å². The van der Waals surface area contributed by atoms with E-state index in [0.717, 1.165) is 32.1 Å². The van der Waals surface area contributed by atoms with E-state index in [0.29, 0.717) is 17.6 Å². The second kappa shape index (κ2) is 40.8. The summed E-state index contributed by atoms with van der Waals surface area (Å²) in [6.45, 7) is 5.51. The maximum atomic E-state index is 13.1. The minimum Gasteiger partial charge on any atom is -0.462 e. The van der Waals surface area contributed by atoms with E-state index in [-0.39, 0.29) is 45.4 Å². The predicted molar refractivity (Wildman–Crippen MR) is 225 cm³/mol. The molecule has 0 fully saturated rings. The Morgan fingerprint density at radius 1 is 0.491 bits per heavy atom. The summed E-state index contributed by atoms with van der Waals surface area (Å²) in [5.74, 6) is -0.775. The number of phosphoric ester groups is 1. The number of carbonyl (C=O) groups is 2. The zero-order valence-electron chi connectivity index (χ0n) is 36.3. The minimum absolute atomic E-state index is 0.0188. The Bertz CT molecular complexity index is 935. The van der Waals surface area contributed by atoms with E-state index >= 15 is 0 Å². The summed E-state index contributed by atoms with van der Waals surface area (Å²) in [7, 11) is -2.69. The van der Waals surface area contributed by atoms with Gasteiger partial charge in [0.25, 0.3) is 0 Å². The summed E-state index contributed by atoms with van der Waals surface area (Å²) in [4.78, 5) is 36.6. The minimum atomic E-state index is -4.02. The normalized spacial score (nSPS) is 13.1. The molecule has 10 nitrogen and oxygen atoms in total. The van der Waals surface area contributed by atoms with Crippen LogP contribution in [0.1, 0.15) is 226 Å². The van der Waals surface area contributed by atoms with Gasteiger partial charge in [0.05, 0.1) is 13.2 Å². The molecular weight excluding hydrogens is 717 g/mol. The Morgan fingerprint density at radius 3 is 1.22 bits per heavy atom. The lowest BCUT2D eigenvalue weighted by molar-refractivity contribution is -0.520. The molecule has 0 radical (unpaired) electrons. The van der Waals surface area contributed by atoms with E-state index in [4.69, 9.17) is 23.0 Å². The third-order valence-corrected chi connectivity index (χ3v) is 11.6. The molecule has 0 aromatic rings. The zero-order chi connectivity index (χ0) is 40.5. The molecule has 0 saturated carbocycles. The van der Waals surface area contributed by atoms with E-state index in [2.05, 4.69) is 13.8 Å². The fourth-order valence-corrected chi connectivity index (χ4v) is 7.82. The van der Waals surface area contributed by atoms with Gasteiger partial charge in [-0.25, -0.2) is 4.57 Å². The molecule has 0 heterocycles. The molecule has 2 atom stereocenters. The van der Waals surface area contributed by atoms with Gasteiger partial charge in [-0.1, -0.05) is 194 Å². The molecule has 0 aliphatic rings. The highest BCUT2D eigenvalue weighted by molar-refractivity contribution is 7.48.